The Hall–Kier alpha value is -2.41. The summed E-state index contributed by atoms with van der Waals surface area (Å²) in [5, 5.41) is 9.57. The molecule has 2 fully saturated rings. The average molecular weight is 401 g/mol. The number of anilines is 1. The highest BCUT2D eigenvalue weighted by atomic mass is 19.1. The summed E-state index contributed by atoms with van der Waals surface area (Å²) in [5.74, 6) is -1.76. The number of carbonyl (C=O) groups is 1. The highest BCUT2D eigenvalue weighted by Crippen LogP contribution is 2.41. The number of piperidine rings is 1. The number of halogens is 1. The van der Waals surface area contributed by atoms with Gasteiger partial charge in [0.1, 0.15) is 11.4 Å². The number of pyridine rings is 1. The van der Waals surface area contributed by atoms with Gasteiger partial charge in [0.2, 0.25) is 5.43 Å². The van der Waals surface area contributed by atoms with E-state index in [4.69, 9.17) is 5.73 Å². The van der Waals surface area contributed by atoms with Crippen LogP contribution < -0.4 is 16.1 Å². The van der Waals surface area contributed by atoms with Crippen molar-refractivity contribution in [3.05, 3.63) is 39.4 Å². The zero-order valence-corrected chi connectivity index (χ0v) is 17.2. The molecule has 0 radical (unpaired) electrons. The van der Waals surface area contributed by atoms with Gasteiger partial charge < -0.3 is 20.3 Å². The SMILES string of the molecule is CCC1(C)CN(c2c(F)cc3c(=O)c(C(=O)O)cn(C4CC4)c3c2C)CCC1N. The van der Waals surface area contributed by atoms with Crippen molar-refractivity contribution in [3.63, 3.8) is 0 Å². The number of nitrogens with zero attached hydrogens (tertiary/aromatic N) is 2. The fourth-order valence-electron chi connectivity index (χ4n) is 4.69. The molecule has 1 saturated carbocycles. The van der Waals surface area contributed by atoms with E-state index in [2.05, 4.69) is 13.8 Å². The lowest BCUT2D eigenvalue weighted by Gasteiger charge is -2.46. The third-order valence-electron chi connectivity index (χ3n) is 6.93. The first-order chi connectivity index (χ1) is 13.7. The van der Waals surface area contributed by atoms with Crippen LogP contribution in [0.25, 0.3) is 10.9 Å². The van der Waals surface area contributed by atoms with Crippen LogP contribution in [0.1, 0.15) is 61.5 Å². The van der Waals surface area contributed by atoms with Crippen LogP contribution in [-0.2, 0) is 0 Å². The molecule has 29 heavy (non-hydrogen) atoms. The van der Waals surface area contributed by atoms with Crippen molar-refractivity contribution in [2.75, 3.05) is 18.0 Å². The second kappa shape index (κ2) is 6.83. The molecule has 1 aromatic heterocycles. The summed E-state index contributed by atoms with van der Waals surface area (Å²) in [7, 11) is 0. The van der Waals surface area contributed by atoms with Crippen LogP contribution in [0, 0.1) is 18.2 Å². The Bertz CT molecular complexity index is 1060. The van der Waals surface area contributed by atoms with Crippen molar-refractivity contribution in [3.8, 4) is 0 Å². The van der Waals surface area contributed by atoms with E-state index < -0.39 is 17.2 Å². The standard InChI is InChI=1S/C22H28FN3O3/c1-4-22(3)11-25(8-7-17(22)24)19-12(2)18-14(9-16(19)23)20(27)15(21(28)29)10-26(18)13-5-6-13/h9-10,13,17H,4-8,11,24H2,1-3H3,(H,28,29). The number of benzene rings is 1. The predicted octanol–water partition coefficient (Wildman–Crippen LogP) is 3.44. The topological polar surface area (TPSA) is 88.6 Å². The van der Waals surface area contributed by atoms with Gasteiger partial charge in [-0.25, -0.2) is 9.18 Å². The fraction of sp³-hybridized carbons (Fsp3) is 0.545. The number of rotatable bonds is 4. The molecular formula is C22H28FN3O3. The third kappa shape index (κ3) is 3.12. The third-order valence-corrected chi connectivity index (χ3v) is 6.93. The van der Waals surface area contributed by atoms with E-state index in [-0.39, 0.29) is 28.4 Å². The smallest absolute Gasteiger partial charge is 0.341 e. The van der Waals surface area contributed by atoms with E-state index >= 15 is 4.39 Å². The minimum Gasteiger partial charge on any atom is -0.477 e. The minimum absolute atomic E-state index is 0.0651. The maximum Gasteiger partial charge on any atom is 0.341 e. The van der Waals surface area contributed by atoms with Gasteiger partial charge in [-0.15, -0.1) is 0 Å². The highest BCUT2D eigenvalue weighted by Gasteiger charge is 2.38. The molecule has 7 heteroatoms. The molecule has 2 unspecified atom stereocenters. The van der Waals surface area contributed by atoms with Gasteiger partial charge in [0.15, 0.2) is 0 Å². The Kier molecular flexibility index (Phi) is 4.69. The Balaban J connectivity index is 1.94. The zero-order valence-electron chi connectivity index (χ0n) is 17.2. The van der Waals surface area contributed by atoms with Crippen LogP contribution in [0.5, 0.6) is 0 Å². The van der Waals surface area contributed by atoms with Gasteiger partial charge in [0, 0.05) is 36.8 Å². The Labute approximate surface area is 169 Å². The van der Waals surface area contributed by atoms with Crippen molar-refractivity contribution < 1.29 is 14.3 Å². The number of aromatic carboxylic acids is 1. The van der Waals surface area contributed by atoms with Gasteiger partial charge in [-0.3, -0.25) is 4.79 Å². The Morgan fingerprint density at radius 2 is 2.07 bits per heavy atom. The van der Waals surface area contributed by atoms with Crippen LogP contribution in [0.2, 0.25) is 0 Å². The summed E-state index contributed by atoms with van der Waals surface area (Å²) in [6, 6.07) is 1.45. The molecule has 0 bridgehead atoms. The van der Waals surface area contributed by atoms with Crippen molar-refractivity contribution >= 4 is 22.6 Å². The number of fused-ring (bicyclic) bond motifs is 1. The van der Waals surface area contributed by atoms with E-state index in [1.165, 1.54) is 12.3 Å². The number of carboxylic acids is 1. The van der Waals surface area contributed by atoms with E-state index in [0.29, 0.717) is 29.9 Å². The molecule has 6 nitrogen and oxygen atoms in total. The number of aromatic nitrogens is 1. The summed E-state index contributed by atoms with van der Waals surface area (Å²) in [5.41, 5.74) is 7.13. The quantitative estimate of drug-likeness (QED) is 0.819. The summed E-state index contributed by atoms with van der Waals surface area (Å²) >= 11 is 0. The molecule has 156 valence electrons. The van der Waals surface area contributed by atoms with Crippen LogP contribution in [0.3, 0.4) is 0 Å². The van der Waals surface area contributed by atoms with Gasteiger partial charge >= 0.3 is 5.97 Å². The van der Waals surface area contributed by atoms with Gasteiger partial charge in [-0.05, 0) is 49.7 Å². The first-order valence-corrected chi connectivity index (χ1v) is 10.3. The lowest BCUT2D eigenvalue weighted by atomic mass is 9.75. The molecule has 1 saturated heterocycles. The molecule has 1 aliphatic heterocycles. The van der Waals surface area contributed by atoms with E-state index in [1.807, 2.05) is 16.4 Å². The van der Waals surface area contributed by atoms with Crippen LogP contribution in [-0.4, -0.2) is 34.8 Å². The first-order valence-electron chi connectivity index (χ1n) is 10.3. The molecule has 2 aliphatic rings. The van der Waals surface area contributed by atoms with Crippen molar-refractivity contribution in [2.45, 2.75) is 58.5 Å². The summed E-state index contributed by atoms with van der Waals surface area (Å²) in [4.78, 5) is 26.4. The van der Waals surface area contributed by atoms with E-state index in [9.17, 15) is 14.7 Å². The molecule has 2 heterocycles. The zero-order chi connectivity index (χ0) is 21.1. The molecule has 1 aromatic carbocycles. The molecule has 0 spiro atoms. The first kappa shape index (κ1) is 19.9. The molecular weight excluding hydrogens is 373 g/mol. The largest absolute Gasteiger partial charge is 0.477 e. The van der Waals surface area contributed by atoms with Gasteiger partial charge in [0.25, 0.3) is 0 Å². The molecule has 2 aromatic rings. The van der Waals surface area contributed by atoms with Crippen molar-refractivity contribution in [1.29, 1.82) is 0 Å². The second-order valence-electron chi connectivity index (χ2n) is 8.87. The van der Waals surface area contributed by atoms with Crippen LogP contribution in [0.15, 0.2) is 17.1 Å². The second-order valence-corrected chi connectivity index (χ2v) is 8.87. The van der Waals surface area contributed by atoms with Crippen LogP contribution in [0.4, 0.5) is 10.1 Å². The Morgan fingerprint density at radius 1 is 1.38 bits per heavy atom. The van der Waals surface area contributed by atoms with Gasteiger partial charge in [0.05, 0.1) is 11.2 Å². The number of nitrogens with two attached hydrogens (primary N) is 1. The summed E-state index contributed by atoms with van der Waals surface area (Å²) in [6.45, 7) is 7.37. The predicted molar refractivity (Wildman–Crippen MR) is 111 cm³/mol. The van der Waals surface area contributed by atoms with Gasteiger partial charge in [-0.2, -0.15) is 0 Å². The normalized spacial score (nSPS) is 24.9. The highest BCUT2D eigenvalue weighted by molar-refractivity contribution is 5.95. The van der Waals surface area contributed by atoms with E-state index in [1.54, 1.807) is 0 Å². The molecule has 3 N–H and O–H groups in total. The molecule has 1 aliphatic carbocycles. The summed E-state index contributed by atoms with van der Waals surface area (Å²) < 4.78 is 17.2. The monoisotopic (exact) mass is 401 g/mol. The molecule has 4 rings (SSSR count). The molecule has 0 amide bonds. The van der Waals surface area contributed by atoms with Crippen LogP contribution >= 0.6 is 0 Å². The van der Waals surface area contributed by atoms with Crippen molar-refractivity contribution in [1.82, 2.24) is 4.57 Å². The lowest BCUT2D eigenvalue weighted by Crippen LogP contribution is -2.54. The summed E-state index contributed by atoms with van der Waals surface area (Å²) in [6.07, 6.45) is 4.95. The number of hydrogen-bond acceptors (Lipinski definition) is 4. The molecule has 2 atom stereocenters. The number of hydrogen-bond donors (Lipinski definition) is 2. The van der Waals surface area contributed by atoms with Gasteiger partial charge in [-0.1, -0.05) is 13.8 Å². The number of aryl methyl sites for hydroxylation is 1. The average Bonchev–Trinajstić information content (AvgIpc) is 3.50. The van der Waals surface area contributed by atoms with Crippen molar-refractivity contribution in [2.24, 2.45) is 11.1 Å². The fourth-order valence-corrected chi connectivity index (χ4v) is 4.69. The Morgan fingerprint density at radius 3 is 2.66 bits per heavy atom. The lowest BCUT2D eigenvalue weighted by molar-refractivity contribution is 0.0695. The van der Waals surface area contributed by atoms with E-state index in [0.717, 1.165) is 25.7 Å². The maximum atomic E-state index is 15.3. The number of carboxylic acid groups (broad SMARTS) is 1. The maximum absolute atomic E-state index is 15.3. The minimum atomic E-state index is -1.28.